The summed E-state index contributed by atoms with van der Waals surface area (Å²) in [6.07, 6.45) is 0.571. The van der Waals surface area contributed by atoms with E-state index in [0.29, 0.717) is 30.8 Å². The lowest BCUT2D eigenvalue weighted by atomic mass is 9.97. The average Bonchev–Trinajstić information content (AvgIpc) is 2.95. The van der Waals surface area contributed by atoms with E-state index in [-0.39, 0.29) is 11.8 Å². The summed E-state index contributed by atoms with van der Waals surface area (Å²) in [4.78, 5) is 27.1. The molecule has 7 heteroatoms. The van der Waals surface area contributed by atoms with Crippen LogP contribution >= 0.6 is 0 Å². The van der Waals surface area contributed by atoms with Crippen molar-refractivity contribution in [2.24, 2.45) is 11.7 Å². The van der Waals surface area contributed by atoms with Gasteiger partial charge < -0.3 is 25.4 Å². The van der Waals surface area contributed by atoms with E-state index in [1.165, 1.54) is 0 Å². The Balaban J connectivity index is 1.67. The third-order valence-electron chi connectivity index (χ3n) is 5.84. The van der Waals surface area contributed by atoms with Crippen molar-refractivity contribution in [3.63, 3.8) is 0 Å². The number of hydrogen-bond donors (Lipinski definition) is 2. The lowest BCUT2D eigenvalue weighted by Crippen LogP contribution is -2.33. The highest BCUT2D eigenvalue weighted by Crippen LogP contribution is 2.33. The number of amides is 2. The molecule has 33 heavy (non-hydrogen) atoms. The molecule has 0 radical (unpaired) electrons. The minimum Gasteiger partial charge on any atom is -0.497 e. The number of fused-ring (bicyclic) bond motifs is 1. The maximum atomic E-state index is 13.2. The fourth-order valence-corrected chi connectivity index (χ4v) is 4.09. The van der Waals surface area contributed by atoms with Crippen LogP contribution in [-0.4, -0.2) is 32.6 Å². The van der Waals surface area contributed by atoms with Crippen molar-refractivity contribution in [2.45, 2.75) is 13.0 Å². The summed E-state index contributed by atoms with van der Waals surface area (Å²) in [5, 5.41) is 3.01. The fourth-order valence-electron chi connectivity index (χ4n) is 4.09. The van der Waals surface area contributed by atoms with Crippen LogP contribution in [0.25, 0.3) is 0 Å². The molecule has 1 aliphatic heterocycles. The van der Waals surface area contributed by atoms with Crippen molar-refractivity contribution in [2.75, 3.05) is 31.0 Å². The van der Waals surface area contributed by atoms with Gasteiger partial charge in [0.15, 0.2) is 0 Å². The first-order valence-corrected chi connectivity index (χ1v) is 10.7. The van der Waals surface area contributed by atoms with Gasteiger partial charge in [-0.2, -0.15) is 0 Å². The number of primary amides is 1. The van der Waals surface area contributed by atoms with Gasteiger partial charge in [-0.25, -0.2) is 0 Å². The van der Waals surface area contributed by atoms with Crippen LogP contribution in [0.15, 0.2) is 66.7 Å². The zero-order valence-corrected chi connectivity index (χ0v) is 18.7. The molecular weight excluding hydrogens is 418 g/mol. The second kappa shape index (κ2) is 9.65. The van der Waals surface area contributed by atoms with Crippen LogP contribution in [0.3, 0.4) is 0 Å². The molecule has 1 heterocycles. The Kier molecular flexibility index (Phi) is 6.49. The monoisotopic (exact) mass is 445 g/mol. The van der Waals surface area contributed by atoms with Gasteiger partial charge in [-0.15, -0.1) is 0 Å². The van der Waals surface area contributed by atoms with Crippen LogP contribution in [0, 0.1) is 5.92 Å². The topological polar surface area (TPSA) is 93.9 Å². The molecule has 0 fully saturated rings. The number of nitrogens with zero attached hydrogens (tertiary/aromatic N) is 1. The summed E-state index contributed by atoms with van der Waals surface area (Å²) in [6, 6.07) is 20.8. The van der Waals surface area contributed by atoms with Crippen LogP contribution in [0.5, 0.6) is 11.5 Å². The molecule has 0 bridgehead atoms. The highest BCUT2D eigenvalue weighted by molar-refractivity contribution is 6.01. The number of carbonyl (C=O) groups is 2. The van der Waals surface area contributed by atoms with Gasteiger partial charge in [0.2, 0.25) is 11.8 Å². The number of benzene rings is 3. The average molecular weight is 446 g/mol. The second-order valence-electron chi connectivity index (χ2n) is 8.07. The summed E-state index contributed by atoms with van der Waals surface area (Å²) >= 11 is 0. The van der Waals surface area contributed by atoms with Crippen molar-refractivity contribution in [3.05, 3.63) is 83.4 Å². The number of anilines is 2. The van der Waals surface area contributed by atoms with E-state index in [1.54, 1.807) is 26.4 Å². The molecule has 1 aliphatic rings. The zero-order chi connectivity index (χ0) is 23.4. The third-order valence-corrected chi connectivity index (χ3v) is 5.84. The standard InChI is InChI=1S/C26H27N3O4/c1-32-21-9-6-17(7-10-21)12-20-16-29(15-18-4-3-5-22(13-18)33-2)24-11-8-19(25(27)30)14-23(24)28-26(20)31/h3-11,13-14,20H,12,15-16H2,1-2H3,(H2,27,30)(H,28,31). The zero-order valence-electron chi connectivity index (χ0n) is 18.7. The maximum absolute atomic E-state index is 13.2. The van der Waals surface area contributed by atoms with E-state index in [4.69, 9.17) is 15.2 Å². The minimum atomic E-state index is -0.537. The van der Waals surface area contributed by atoms with E-state index >= 15 is 0 Å². The lowest BCUT2D eigenvalue weighted by molar-refractivity contribution is -0.119. The number of nitrogens with two attached hydrogens (primary N) is 1. The van der Waals surface area contributed by atoms with Crippen molar-refractivity contribution in [1.29, 1.82) is 0 Å². The Morgan fingerprint density at radius 3 is 2.45 bits per heavy atom. The largest absolute Gasteiger partial charge is 0.497 e. The van der Waals surface area contributed by atoms with Gasteiger partial charge in [0, 0.05) is 18.7 Å². The van der Waals surface area contributed by atoms with Crippen LogP contribution in [0.1, 0.15) is 21.5 Å². The SMILES string of the molecule is COc1ccc(CC2CN(Cc3cccc(OC)c3)c3ccc(C(N)=O)cc3NC2=O)cc1. The minimum absolute atomic E-state index is 0.0955. The van der Waals surface area contributed by atoms with Gasteiger partial charge in [-0.05, 0) is 60.0 Å². The second-order valence-corrected chi connectivity index (χ2v) is 8.07. The van der Waals surface area contributed by atoms with Crippen LogP contribution in [0.4, 0.5) is 11.4 Å². The quantitative estimate of drug-likeness (QED) is 0.579. The molecule has 0 spiro atoms. The molecule has 170 valence electrons. The Labute approximate surface area is 193 Å². The predicted octanol–water partition coefficient (Wildman–Crippen LogP) is 3.62. The maximum Gasteiger partial charge on any atom is 0.248 e. The number of hydrogen-bond acceptors (Lipinski definition) is 5. The molecule has 3 aromatic carbocycles. The summed E-state index contributed by atoms with van der Waals surface area (Å²) in [5.41, 5.74) is 9.34. The Bertz CT molecular complexity index is 1160. The van der Waals surface area contributed by atoms with E-state index < -0.39 is 5.91 Å². The molecule has 2 amide bonds. The van der Waals surface area contributed by atoms with Crippen LogP contribution < -0.4 is 25.4 Å². The van der Waals surface area contributed by atoms with E-state index in [0.717, 1.165) is 28.3 Å². The van der Waals surface area contributed by atoms with Gasteiger partial charge in [-0.3, -0.25) is 9.59 Å². The number of ether oxygens (including phenoxy) is 2. The van der Waals surface area contributed by atoms with Gasteiger partial charge in [0.05, 0.1) is 31.5 Å². The predicted molar refractivity (Wildman–Crippen MR) is 128 cm³/mol. The number of methoxy groups -OCH3 is 2. The first-order chi connectivity index (χ1) is 16.0. The lowest BCUT2D eigenvalue weighted by Gasteiger charge is -2.27. The van der Waals surface area contributed by atoms with Crippen LogP contribution in [-0.2, 0) is 17.8 Å². The molecule has 0 aliphatic carbocycles. The Morgan fingerprint density at radius 2 is 1.76 bits per heavy atom. The smallest absolute Gasteiger partial charge is 0.248 e. The highest BCUT2D eigenvalue weighted by Gasteiger charge is 2.29. The van der Waals surface area contributed by atoms with Crippen LogP contribution in [0.2, 0.25) is 0 Å². The number of carbonyl (C=O) groups excluding carboxylic acids is 2. The van der Waals surface area contributed by atoms with Crippen molar-refractivity contribution in [3.8, 4) is 11.5 Å². The summed E-state index contributed by atoms with van der Waals surface area (Å²) in [7, 11) is 3.26. The van der Waals surface area contributed by atoms with Gasteiger partial charge >= 0.3 is 0 Å². The normalized spacial score (nSPS) is 15.3. The fraction of sp³-hybridized carbons (Fsp3) is 0.231. The molecule has 7 nitrogen and oxygen atoms in total. The van der Waals surface area contributed by atoms with E-state index in [2.05, 4.69) is 10.2 Å². The Morgan fingerprint density at radius 1 is 1.00 bits per heavy atom. The van der Waals surface area contributed by atoms with Gasteiger partial charge in [-0.1, -0.05) is 24.3 Å². The molecule has 1 unspecified atom stereocenters. The van der Waals surface area contributed by atoms with Crippen molar-refractivity contribution >= 4 is 23.2 Å². The van der Waals surface area contributed by atoms with E-state index in [9.17, 15) is 9.59 Å². The summed E-state index contributed by atoms with van der Waals surface area (Å²) in [5.74, 6) is 0.617. The summed E-state index contributed by atoms with van der Waals surface area (Å²) in [6.45, 7) is 1.09. The molecule has 0 saturated carbocycles. The number of nitrogens with one attached hydrogen (secondary N) is 1. The molecule has 0 aromatic heterocycles. The first-order valence-electron chi connectivity index (χ1n) is 10.7. The molecular formula is C26H27N3O4. The van der Waals surface area contributed by atoms with Crippen molar-refractivity contribution < 1.29 is 19.1 Å². The van der Waals surface area contributed by atoms with Gasteiger partial charge in [0.25, 0.3) is 0 Å². The molecule has 0 saturated heterocycles. The molecule has 1 atom stereocenters. The number of rotatable bonds is 7. The molecule has 3 N–H and O–H groups in total. The van der Waals surface area contributed by atoms with Gasteiger partial charge in [0.1, 0.15) is 11.5 Å². The third kappa shape index (κ3) is 5.09. The Hall–Kier alpha value is -4.00. The van der Waals surface area contributed by atoms with Crippen molar-refractivity contribution in [1.82, 2.24) is 0 Å². The van der Waals surface area contributed by atoms with E-state index in [1.807, 2.05) is 54.6 Å². The molecule has 4 rings (SSSR count). The summed E-state index contributed by atoms with van der Waals surface area (Å²) < 4.78 is 10.6. The first kappa shape index (κ1) is 22.2. The highest BCUT2D eigenvalue weighted by atomic mass is 16.5. The molecule has 3 aromatic rings.